The Kier molecular flexibility index (Phi) is 7.07. The van der Waals surface area contributed by atoms with E-state index in [0.29, 0.717) is 39.0 Å². The monoisotopic (exact) mass is 319 g/mol. The Morgan fingerprint density at radius 1 is 1.26 bits per heavy atom. The van der Waals surface area contributed by atoms with Crippen LogP contribution < -0.4 is 0 Å². The van der Waals surface area contributed by atoms with E-state index in [1.165, 1.54) is 12.7 Å². The summed E-state index contributed by atoms with van der Waals surface area (Å²) in [4.78, 5) is 25.1. The number of esters is 1. The van der Waals surface area contributed by atoms with E-state index < -0.39 is 0 Å². The minimum absolute atomic E-state index is 0.0912. The summed E-state index contributed by atoms with van der Waals surface area (Å²) in [5.74, 6) is -0.164. The van der Waals surface area contributed by atoms with Crippen LogP contribution in [0.3, 0.4) is 0 Å². The molecule has 0 spiro atoms. The van der Waals surface area contributed by atoms with E-state index in [1.54, 1.807) is 0 Å². The van der Waals surface area contributed by atoms with Gasteiger partial charge in [0.1, 0.15) is 0 Å². The number of hydrogen-bond donors (Lipinski definition) is 0. The summed E-state index contributed by atoms with van der Waals surface area (Å²) in [7, 11) is 1.36. The summed E-state index contributed by atoms with van der Waals surface area (Å²) in [6.07, 6.45) is 3.18. The number of morpholine rings is 1. The molecule has 1 unspecified atom stereocenters. The lowest BCUT2D eigenvalue weighted by atomic mass is 10.1. The maximum absolute atomic E-state index is 12.2. The van der Waals surface area contributed by atoms with Crippen LogP contribution in [-0.4, -0.2) is 49.7 Å². The topological polar surface area (TPSA) is 55.8 Å². The van der Waals surface area contributed by atoms with Gasteiger partial charge in [-0.3, -0.25) is 9.59 Å². The third-order valence-electron chi connectivity index (χ3n) is 4.09. The average molecular weight is 319 g/mol. The van der Waals surface area contributed by atoms with Crippen LogP contribution >= 0.6 is 0 Å². The van der Waals surface area contributed by atoms with E-state index in [1.807, 2.05) is 23.1 Å². The Bertz CT molecular complexity index is 503. The highest BCUT2D eigenvalue weighted by atomic mass is 16.5. The fourth-order valence-electron chi connectivity index (χ4n) is 2.74. The molecule has 1 saturated heterocycles. The first-order valence-electron chi connectivity index (χ1n) is 8.19. The number of benzene rings is 1. The predicted molar refractivity (Wildman–Crippen MR) is 87.0 cm³/mol. The number of nitrogens with zero attached hydrogens (tertiary/aromatic N) is 1. The van der Waals surface area contributed by atoms with E-state index in [2.05, 4.69) is 16.9 Å². The molecule has 2 rings (SSSR count). The lowest BCUT2D eigenvalue weighted by Crippen LogP contribution is -2.45. The van der Waals surface area contributed by atoms with E-state index in [0.717, 1.165) is 12.8 Å². The van der Waals surface area contributed by atoms with Crippen molar-refractivity contribution in [2.24, 2.45) is 0 Å². The van der Waals surface area contributed by atoms with Gasteiger partial charge < -0.3 is 14.4 Å². The molecular weight excluding hydrogens is 294 g/mol. The van der Waals surface area contributed by atoms with Crippen LogP contribution in [0.15, 0.2) is 30.3 Å². The van der Waals surface area contributed by atoms with E-state index in [-0.39, 0.29) is 18.0 Å². The van der Waals surface area contributed by atoms with Gasteiger partial charge >= 0.3 is 5.97 Å². The Morgan fingerprint density at radius 3 is 2.78 bits per heavy atom. The standard InChI is InChI=1S/C18H25NO4/c1-22-18(21)9-5-8-17(20)19-12-13-23-16(14-19)11-10-15-6-3-2-4-7-15/h2-4,6-7,16H,5,8-14H2,1H3. The predicted octanol–water partition coefficient (Wildman–Crippen LogP) is 2.19. The zero-order valence-corrected chi connectivity index (χ0v) is 13.7. The molecule has 0 N–H and O–H groups in total. The van der Waals surface area contributed by atoms with Gasteiger partial charge in [0.25, 0.3) is 0 Å². The van der Waals surface area contributed by atoms with Gasteiger partial charge in [-0.2, -0.15) is 0 Å². The molecule has 1 aliphatic heterocycles. The number of carbonyl (C=O) groups excluding carboxylic acids is 2. The fraction of sp³-hybridized carbons (Fsp3) is 0.556. The van der Waals surface area contributed by atoms with Crippen molar-refractivity contribution in [3.63, 3.8) is 0 Å². The van der Waals surface area contributed by atoms with Crippen molar-refractivity contribution in [2.45, 2.75) is 38.2 Å². The second-order valence-electron chi connectivity index (χ2n) is 5.79. The molecule has 1 fully saturated rings. The number of aryl methyl sites for hydroxylation is 1. The summed E-state index contributed by atoms with van der Waals surface area (Å²) in [6, 6.07) is 10.3. The smallest absolute Gasteiger partial charge is 0.305 e. The lowest BCUT2D eigenvalue weighted by Gasteiger charge is -2.33. The summed E-state index contributed by atoms with van der Waals surface area (Å²) < 4.78 is 10.4. The lowest BCUT2D eigenvalue weighted by molar-refractivity contribution is -0.141. The van der Waals surface area contributed by atoms with Crippen molar-refractivity contribution < 1.29 is 19.1 Å². The van der Waals surface area contributed by atoms with Gasteiger partial charge in [-0.15, -0.1) is 0 Å². The molecule has 1 atom stereocenters. The van der Waals surface area contributed by atoms with Gasteiger partial charge in [-0.05, 0) is 24.8 Å². The molecule has 5 heteroatoms. The quantitative estimate of drug-likeness (QED) is 0.723. The zero-order valence-electron chi connectivity index (χ0n) is 13.7. The maximum atomic E-state index is 12.2. The Balaban J connectivity index is 1.72. The molecule has 0 bridgehead atoms. The van der Waals surface area contributed by atoms with Gasteiger partial charge in [0.15, 0.2) is 0 Å². The van der Waals surface area contributed by atoms with Gasteiger partial charge in [-0.25, -0.2) is 0 Å². The van der Waals surface area contributed by atoms with Crippen molar-refractivity contribution in [1.82, 2.24) is 4.90 Å². The van der Waals surface area contributed by atoms with Crippen LogP contribution in [0.2, 0.25) is 0 Å². The largest absolute Gasteiger partial charge is 0.469 e. The minimum atomic E-state index is -0.263. The summed E-state index contributed by atoms with van der Waals surface area (Å²) in [5, 5.41) is 0. The molecule has 1 amide bonds. The van der Waals surface area contributed by atoms with Crippen molar-refractivity contribution in [3.05, 3.63) is 35.9 Å². The number of methoxy groups -OCH3 is 1. The number of hydrogen-bond acceptors (Lipinski definition) is 4. The van der Waals surface area contributed by atoms with Crippen molar-refractivity contribution in [3.8, 4) is 0 Å². The first kappa shape index (κ1) is 17.5. The first-order chi connectivity index (χ1) is 11.2. The highest BCUT2D eigenvalue weighted by Crippen LogP contribution is 2.14. The zero-order chi connectivity index (χ0) is 16.5. The Hall–Kier alpha value is -1.88. The van der Waals surface area contributed by atoms with Crippen molar-refractivity contribution in [2.75, 3.05) is 26.8 Å². The van der Waals surface area contributed by atoms with Gasteiger partial charge in [0.05, 0.1) is 19.8 Å². The fourth-order valence-corrected chi connectivity index (χ4v) is 2.74. The third kappa shape index (κ3) is 6.02. The molecule has 5 nitrogen and oxygen atoms in total. The van der Waals surface area contributed by atoms with Crippen LogP contribution in [0.4, 0.5) is 0 Å². The molecule has 23 heavy (non-hydrogen) atoms. The molecule has 1 aromatic carbocycles. The van der Waals surface area contributed by atoms with Crippen LogP contribution in [0, 0.1) is 0 Å². The van der Waals surface area contributed by atoms with Crippen molar-refractivity contribution >= 4 is 11.9 Å². The van der Waals surface area contributed by atoms with Crippen LogP contribution in [0.5, 0.6) is 0 Å². The van der Waals surface area contributed by atoms with E-state index in [4.69, 9.17) is 4.74 Å². The minimum Gasteiger partial charge on any atom is -0.469 e. The second kappa shape index (κ2) is 9.30. The third-order valence-corrected chi connectivity index (χ3v) is 4.09. The second-order valence-corrected chi connectivity index (χ2v) is 5.79. The molecule has 0 aliphatic carbocycles. The van der Waals surface area contributed by atoms with Crippen molar-refractivity contribution in [1.29, 1.82) is 0 Å². The van der Waals surface area contributed by atoms with Gasteiger partial charge in [0.2, 0.25) is 5.91 Å². The SMILES string of the molecule is COC(=O)CCCC(=O)N1CCOC(CCc2ccccc2)C1. The normalized spacial score (nSPS) is 17.8. The maximum Gasteiger partial charge on any atom is 0.305 e. The van der Waals surface area contributed by atoms with Crippen LogP contribution in [0.25, 0.3) is 0 Å². The highest BCUT2D eigenvalue weighted by Gasteiger charge is 2.23. The number of ether oxygens (including phenoxy) is 2. The van der Waals surface area contributed by atoms with Gasteiger partial charge in [-0.1, -0.05) is 30.3 Å². The summed E-state index contributed by atoms with van der Waals surface area (Å²) >= 11 is 0. The number of carbonyl (C=O) groups is 2. The number of amides is 1. The molecule has 1 aromatic rings. The Labute approximate surface area is 137 Å². The Morgan fingerprint density at radius 2 is 2.04 bits per heavy atom. The average Bonchev–Trinajstić information content (AvgIpc) is 2.60. The van der Waals surface area contributed by atoms with Gasteiger partial charge in [0, 0.05) is 25.9 Å². The number of rotatable bonds is 7. The van der Waals surface area contributed by atoms with E-state index >= 15 is 0 Å². The van der Waals surface area contributed by atoms with E-state index in [9.17, 15) is 9.59 Å². The summed E-state index contributed by atoms with van der Waals surface area (Å²) in [6.45, 7) is 1.87. The molecule has 126 valence electrons. The summed E-state index contributed by atoms with van der Waals surface area (Å²) in [5.41, 5.74) is 1.29. The van der Waals surface area contributed by atoms with Crippen LogP contribution in [0.1, 0.15) is 31.2 Å². The highest BCUT2D eigenvalue weighted by molar-refractivity contribution is 5.77. The molecule has 1 aliphatic rings. The molecule has 0 radical (unpaired) electrons. The molecule has 1 heterocycles. The molecular formula is C18H25NO4. The first-order valence-corrected chi connectivity index (χ1v) is 8.19. The molecule has 0 saturated carbocycles. The molecule has 0 aromatic heterocycles. The van der Waals surface area contributed by atoms with Crippen LogP contribution in [-0.2, 0) is 25.5 Å².